The molecule has 0 aliphatic rings. The highest BCUT2D eigenvalue weighted by molar-refractivity contribution is 7.91. The third kappa shape index (κ3) is 3.81. The average molecular weight is 259 g/mol. The molecular weight excluding hydrogens is 238 g/mol. The van der Waals surface area contributed by atoms with E-state index in [9.17, 15) is 8.42 Å². The van der Waals surface area contributed by atoms with Crippen LogP contribution in [0.4, 0.5) is 0 Å². The summed E-state index contributed by atoms with van der Waals surface area (Å²) in [4.78, 5) is 4.23. The second-order valence-corrected chi connectivity index (χ2v) is 6.84. The van der Waals surface area contributed by atoms with E-state index in [1.54, 1.807) is 13.1 Å². The maximum atomic E-state index is 11.4. The number of aryl methyl sites for hydroxylation is 1. The van der Waals surface area contributed by atoms with Gasteiger partial charge in [-0.1, -0.05) is 6.92 Å². The first kappa shape index (κ1) is 14.2. The van der Waals surface area contributed by atoms with E-state index in [-0.39, 0.29) is 0 Å². The standard InChI is InChI=1S/C11H21N3O2S/c1-4-6-14-7-5-13-11(14)8-10(12)9(2)17(3,15)16/h5,7,9-10H,4,6,8,12H2,1-3H3. The SMILES string of the molecule is CCCn1ccnc1CC(N)C(C)S(C)(=O)=O. The van der Waals surface area contributed by atoms with Crippen LogP contribution in [0.5, 0.6) is 0 Å². The van der Waals surface area contributed by atoms with Crippen molar-refractivity contribution >= 4 is 9.84 Å². The van der Waals surface area contributed by atoms with E-state index in [0.29, 0.717) is 6.42 Å². The largest absolute Gasteiger partial charge is 0.335 e. The van der Waals surface area contributed by atoms with Gasteiger partial charge in [-0.05, 0) is 13.3 Å². The molecule has 1 heterocycles. The van der Waals surface area contributed by atoms with E-state index in [4.69, 9.17) is 5.73 Å². The number of nitrogens with two attached hydrogens (primary N) is 1. The van der Waals surface area contributed by atoms with Crippen molar-refractivity contribution in [3.05, 3.63) is 18.2 Å². The Bertz CT molecular complexity index is 453. The zero-order chi connectivity index (χ0) is 13.1. The van der Waals surface area contributed by atoms with Gasteiger partial charge < -0.3 is 10.3 Å². The number of nitrogens with zero attached hydrogens (tertiary/aromatic N) is 2. The van der Waals surface area contributed by atoms with Crippen LogP contribution in [0.15, 0.2) is 12.4 Å². The Kier molecular flexibility index (Phi) is 4.70. The Morgan fingerprint density at radius 1 is 1.53 bits per heavy atom. The fourth-order valence-corrected chi connectivity index (χ4v) is 2.40. The van der Waals surface area contributed by atoms with Crippen LogP contribution in [-0.4, -0.2) is 35.5 Å². The molecule has 1 rings (SSSR count). The lowest BCUT2D eigenvalue weighted by atomic mass is 10.1. The number of sulfone groups is 1. The second kappa shape index (κ2) is 5.64. The first-order chi connectivity index (χ1) is 7.86. The number of hydrogen-bond donors (Lipinski definition) is 1. The Labute approximate surface area is 103 Å². The normalized spacial score (nSPS) is 15.8. The van der Waals surface area contributed by atoms with Crippen LogP contribution in [0, 0.1) is 0 Å². The molecular formula is C11H21N3O2S. The summed E-state index contributed by atoms with van der Waals surface area (Å²) in [6.45, 7) is 4.62. The molecule has 0 aliphatic heterocycles. The molecule has 0 bridgehead atoms. The van der Waals surface area contributed by atoms with Crippen molar-refractivity contribution in [2.24, 2.45) is 5.73 Å². The molecule has 5 nitrogen and oxygen atoms in total. The van der Waals surface area contributed by atoms with Crippen molar-refractivity contribution in [3.8, 4) is 0 Å². The van der Waals surface area contributed by atoms with Crippen molar-refractivity contribution in [1.82, 2.24) is 9.55 Å². The molecule has 0 fully saturated rings. The van der Waals surface area contributed by atoms with E-state index in [0.717, 1.165) is 18.8 Å². The van der Waals surface area contributed by atoms with Crippen LogP contribution >= 0.6 is 0 Å². The van der Waals surface area contributed by atoms with Gasteiger partial charge in [-0.25, -0.2) is 13.4 Å². The van der Waals surface area contributed by atoms with Crippen LogP contribution in [0.25, 0.3) is 0 Å². The minimum Gasteiger partial charge on any atom is -0.335 e. The third-order valence-corrected chi connectivity index (χ3v) is 4.66. The summed E-state index contributed by atoms with van der Waals surface area (Å²) >= 11 is 0. The summed E-state index contributed by atoms with van der Waals surface area (Å²) in [7, 11) is -3.09. The predicted molar refractivity (Wildman–Crippen MR) is 68.5 cm³/mol. The van der Waals surface area contributed by atoms with Gasteiger partial charge in [-0.3, -0.25) is 0 Å². The molecule has 17 heavy (non-hydrogen) atoms. The summed E-state index contributed by atoms with van der Waals surface area (Å²) in [6, 6.07) is -0.414. The number of rotatable bonds is 6. The summed E-state index contributed by atoms with van der Waals surface area (Å²) in [6.07, 6.45) is 6.34. The first-order valence-corrected chi connectivity index (χ1v) is 7.76. The molecule has 0 saturated heterocycles. The van der Waals surface area contributed by atoms with Gasteiger partial charge >= 0.3 is 0 Å². The third-order valence-electron chi connectivity index (χ3n) is 2.96. The van der Waals surface area contributed by atoms with Crippen molar-refractivity contribution in [2.45, 2.75) is 44.5 Å². The zero-order valence-corrected chi connectivity index (χ0v) is 11.4. The highest BCUT2D eigenvalue weighted by Crippen LogP contribution is 2.09. The lowest BCUT2D eigenvalue weighted by molar-refractivity contribution is 0.543. The Hall–Kier alpha value is -0.880. The lowest BCUT2D eigenvalue weighted by Crippen LogP contribution is -2.40. The Balaban J connectivity index is 2.74. The van der Waals surface area contributed by atoms with Gasteiger partial charge in [0.1, 0.15) is 5.82 Å². The highest BCUT2D eigenvalue weighted by Gasteiger charge is 2.24. The van der Waals surface area contributed by atoms with Crippen molar-refractivity contribution in [3.63, 3.8) is 0 Å². The molecule has 2 atom stereocenters. The molecule has 2 unspecified atom stereocenters. The van der Waals surface area contributed by atoms with Crippen LogP contribution in [0.2, 0.25) is 0 Å². The second-order valence-electron chi connectivity index (χ2n) is 4.44. The van der Waals surface area contributed by atoms with Crippen molar-refractivity contribution in [2.75, 3.05) is 6.26 Å². The van der Waals surface area contributed by atoms with Crippen molar-refractivity contribution < 1.29 is 8.42 Å². The fourth-order valence-electron chi connectivity index (χ4n) is 1.67. The van der Waals surface area contributed by atoms with Crippen molar-refractivity contribution in [1.29, 1.82) is 0 Å². The quantitative estimate of drug-likeness (QED) is 0.811. The average Bonchev–Trinajstić information content (AvgIpc) is 2.64. The van der Waals surface area contributed by atoms with E-state index >= 15 is 0 Å². The Morgan fingerprint density at radius 3 is 2.71 bits per heavy atom. The number of hydrogen-bond acceptors (Lipinski definition) is 4. The Morgan fingerprint density at radius 2 is 2.18 bits per heavy atom. The molecule has 0 saturated carbocycles. The molecule has 0 amide bonds. The molecule has 1 aromatic heterocycles. The topological polar surface area (TPSA) is 78.0 Å². The summed E-state index contributed by atoms with van der Waals surface area (Å²) < 4.78 is 24.8. The van der Waals surface area contributed by atoms with Crippen LogP contribution in [-0.2, 0) is 22.8 Å². The van der Waals surface area contributed by atoms with Gasteiger partial charge in [0, 0.05) is 37.7 Å². The lowest BCUT2D eigenvalue weighted by Gasteiger charge is -2.18. The fraction of sp³-hybridized carbons (Fsp3) is 0.727. The van der Waals surface area contributed by atoms with Gasteiger partial charge in [0.2, 0.25) is 0 Å². The van der Waals surface area contributed by atoms with Crippen LogP contribution in [0.3, 0.4) is 0 Å². The van der Waals surface area contributed by atoms with Gasteiger partial charge in [-0.2, -0.15) is 0 Å². The summed E-state index contributed by atoms with van der Waals surface area (Å²) in [5, 5.41) is -0.547. The minimum absolute atomic E-state index is 0.414. The molecule has 0 aliphatic carbocycles. The summed E-state index contributed by atoms with van der Waals surface area (Å²) in [5.74, 6) is 0.856. The maximum absolute atomic E-state index is 11.4. The summed E-state index contributed by atoms with van der Waals surface area (Å²) in [5.41, 5.74) is 5.93. The molecule has 6 heteroatoms. The van der Waals surface area contributed by atoms with Gasteiger partial charge in [0.25, 0.3) is 0 Å². The molecule has 0 spiro atoms. The van der Waals surface area contributed by atoms with E-state index in [1.165, 1.54) is 6.26 Å². The van der Waals surface area contributed by atoms with E-state index < -0.39 is 21.1 Å². The number of aromatic nitrogens is 2. The molecule has 0 aromatic carbocycles. The molecule has 98 valence electrons. The zero-order valence-electron chi connectivity index (χ0n) is 10.6. The van der Waals surface area contributed by atoms with E-state index in [2.05, 4.69) is 11.9 Å². The molecule has 1 aromatic rings. The monoisotopic (exact) mass is 259 g/mol. The predicted octanol–water partition coefficient (Wildman–Crippen LogP) is 0.596. The molecule has 0 radical (unpaired) electrons. The van der Waals surface area contributed by atoms with E-state index in [1.807, 2.05) is 10.8 Å². The van der Waals surface area contributed by atoms with Gasteiger partial charge in [0.05, 0.1) is 5.25 Å². The number of imidazole rings is 1. The highest BCUT2D eigenvalue weighted by atomic mass is 32.2. The van der Waals surface area contributed by atoms with Crippen LogP contribution < -0.4 is 5.73 Å². The smallest absolute Gasteiger partial charge is 0.151 e. The van der Waals surface area contributed by atoms with Gasteiger partial charge in [0.15, 0.2) is 9.84 Å². The van der Waals surface area contributed by atoms with Crippen LogP contribution in [0.1, 0.15) is 26.1 Å². The molecule has 2 N–H and O–H groups in total. The maximum Gasteiger partial charge on any atom is 0.151 e. The first-order valence-electron chi connectivity index (χ1n) is 5.80. The van der Waals surface area contributed by atoms with Gasteiger partial charge in [-0.15, -0.1) is 0 Å². The minimum atomic E-state index is -3.09.